The number of ketones is 1. The molecule has 1 saturated heterocycles. The first-order chi connectivity index (χ1) is 20.0. The molecule has 0 spiro atoms. The summed E-state index contributed by atoms with van der Waals surface area (Å²) in [4.78, 5) is 30.6. The number of hydrogen-bond acceptors (Lipinski definition) is 6. The fourth-order valence-corrected chi connectivity index (χ4v) is 5.03. The van der Waals surface area contributed by atoms with E-state index in [2.05, 4.69) is 18.7 Å². The Hall–Kier alpha value is -4.10. The minimum atomic E-state index is -0.703. The van der Waals surface area contributed by atoms with E-state index in [0.29, 0.717) is 43.2 Å². The van der Waals surface area contributed by atoms with Crippen molar-refractivity contribution in [3.05, 3.63) is 101 Å². The van der Waals surface area contributed by atoms with Crippen molar-refractivity contribution >= 4 is 17.4 Å². The molecule has 7 nitrogen and oxygen atoms in total. The van der Waals surface area contributed by atoms with Crippen LogP contribution in [-0.2, 0) is 16.2 Å². The molecule has 41 heavy (non-hydrogen) atoms. The topological polar surface area (TPSA) is 79.3 Å². The highest BCUT2D eigenvalue weighted by atomic mass is 16.5. The molecule has 0 aromatic heterocycles. The second-order valence-corrected chi connectivity index (χ2v) is 10.1. The van der Waals surface area contributed by atoms with Crippen molar-refractivity contribution in [2.45, 2.75) is 46.3 Å². The number of aliphatic hydroxyl groups excluding tert-OH is 1. The number of rotatable bonds is 14. The summed E-state index contributed by atoms with van der Waals surface area (Å²) >= 11 is 0. The summed E-state index contributed by atoms with van der Waals surface area (Å²) in [5.41, 5.74) is 2.36. The highest BCUT2D eigenvalue weighted by Crippen LogP contribution is 2.40. The molecule has 1 fully saturated rings. The van der Waals surface area contributed by atoms with Gasteiger partial charge in [0.2, 0.25) is 0 Å². The van der Waals surface area contributed by atoms with Crippen LogP contribution in [0.4, 0.5) is 0 Å². The van der Waals surface area contributed by atoms with Gasteiger partial charge in [-0.2, -0.15) is 0 Å². The van der Waals surface area contributed by atoms with E-state index in [-0.39, 0.29) is 11.3 Å². The molecule has 0 saturated carbocycles. The van der Waals surface area contributed by atoms with Gasteiger partial charge in [0.15, 0.2) is 0 Å². The number of carbonyl (C=O) groups excluding carboxylic acids is 2. The zero-order valence-electron chi connectivity index (χ0n) is 24.2. The van der Waals surface area contributed by atoms with Crippen LogP contribution in [0.1, 0.15) is 56.3 Å². The van der Waals surface area contributed by atoms with Crippen molar-refractivity contribution in [2.24, 2.45) is 0 Å². The Bertz CT molecular complexity index is 1320. The standard InChI is InChI=1S/C34H40N2O5/c1-4-23-40-28-19-15-27(16-20-28)32(37)30-31(36(34(39)33(30)38)22-10-21-35(5-2)6-3)26-13-17-29(18-14-26)41-24-25-11-8-7-9-12-25/h7-9,11-20,31,37H,4-6,10,21-24H2,1-3H3/b32-30+. The quantitative estimate of drug-likeness (QED) is 0.145. The lowest BCUT2D eigenvalue weighted by atomic mass is 9.95. The van der Waals surface area contributed by atoms with Gasteiger partial charge in [0.05, 0.1) is 18.2 Å². The van der Waals surface area contributed by atoms with Gasteiger partial charge in [-0.1, -0.05) is 63.2 Å². The van der Waals surface area contributed by atoms with Crippen LogP contribution in [0.15, 0.2) is 84.4 Å². The summed E-state index contributed by atoms with van der Waals surface area (Å²) in [5.74, 6) is -0.0952. The molecule has 3 aromatic rings. The monoisotopic (exact) mass is 556 g/mol. The number of Topliss-reactive ketones (excluding diaryl/α,β-unsaturated/α-hetero) is 1. The Balaban J connectivity index is 1.63. The van der Waals surface area contributed by atoms with Gasteiger partial charge in [-0.15, -0.1) is 0 Å². The second-order valence-electron chi connectivity index (χ2n) is 10.1. The maximum atomic E-state index is 13.4. The largest absolute Gasteiger partial charge is 0.507 e. The Kier molecular flexibility index (Phi) is 10.6. The minimum absolute atomic E-state index is 0.0954. The van der Waals surface area contributed by atoms with E-state index in [9.17, 15) is 14.7 Å². The van der Waals surface area contributed by atoms with Crippen molar-refractivity contribution < 1.29 is 24.2 Å². The van der Waals surface area contributed by atoms with Gasteiger partial charge in [-0.05, 0) is 80.0 Å². The lowest BCUT2D eigenvalue weighted by molar-refractivity contribution is -0.140. The average Bonchev–Trinajstić information content (AvgIpc) is 3.26. The molecule has 0 radical (unpaired) electrons. The lowest BCUT2D eigenvalue weighted by Gasteiger charge is -2.27. The number of benzene rings is 3. The van der Waals surface area contributed by atoms with E-state index in [1.165, 1.54) is 0 Å². The second kappa shape index (κ2) is 14.5. The summed E-state index contributed by atoms with van der Waals surface area (Å²) in [6.45, 7) is 10.3. The number of nitrogens with zero attached hydrogens (tertiary/aromatic N) is 2. The van der Waals surface area contributed by atoms with Gasteiger partial charge in [-0.25, -0.2) is 0 Å². The first-order valence-electron chi connectivity index (χ1n) is 14.5. The summed E-state index contributed by atoms with van der Waals surface area (Å²) in [6.07, 6.45) is 1.60. The van der Waals surface area contributed by atoms with Gasteiger partial charge >= 0.3 is 0 Å². The van der Waals surface area contributed by atoms with E-state index >= 15 is 0 Å². The molecule has 4 rings (SSSR count). The highest BCUT2D eigenvalue weighted by Gasteiger charge is 2.45. The van der Waals surface area contributed by atoms with E-state index in [4.69, 9.17) is 9.47 Å². The molecule has 1 aliphatic heterocycles. The van der Waals surface area contributed by atoms with Crippen LogP contribution in [0.25, 0.3) is 5.76 Å². The van der Waals surface area contributed by atoms with Crippen LogP contribution in [0.2, 0.25) is 0 Å². The van der Waals surface area contributed by atoms with Crippen LogP contribution in [0.3, 0.4) is 0 Å². The number of hydrogen-bond donors (Lipinski definition) is 1. The summed E-state index contributed by atoms with van der Waals surface area (Å²) in [5, 5.41) is 11.4. The van der Waals surface area contributed by atoms with Crippen molar-refractivity contribution in [1.82, 2.24) is 9.80 Å². The third-order valence-corrected chi connectivity index (χ3v) is 7.35. The number of ether oxygens (including phenoxy) is 2. The van der Waals surface area contributed by atoms with Gasteiger partial charge in [0.25, 0.3) is 11.7 Å². The Morgan fingerprint density at radius 3 is 2.12 bits per heavy atom. The molecule has 1 unspecified atom stereocenters. The smallest absolute Gasteiger partial charge is 0.295 e. The van der Waals surface area contributed by atoms with Gasteiger partial charge < -0.3 is 24.4 Å². The lowest BCUT2D eigenvalue weighted by Crippen LogP contribution is -2.33. The van der Waals surface area contributed by atoms with Gasteiger partial charge in [0, 0.05) is 12.1 Å². The van der Waals surface area contributed by atoms with Gasteiger partial charge in [0.1, 0.15) is 23.9 Å². The molecule has 1 N–H and O–H groups in total. The normalized spacial score (nSPS) is 16.4. The van der Waals surface area contributed by atoms with Crippen molar-refractivity contribution in [1.29, 1.82) is 0 Å². The summed E-state index contributed by atoms with van der Waals surface area (Å²) in [7, 11) is 0. The van der Waals surface area contributed by atoms with Crippen LogP contribution < -0.4 is 9.47 Å². The van der Waals surface area contributed by atoms with E-state index in [1.54, 1.807) is 29.2 Å². The van der Waals surface area contributed by atoms with Crippen molar-refractivity contribution in [3.8, 4) is 11.5 Å². The molecule has 1 amide bonds. The fourth-order valence-electron chi connectivity index (χ4n) is 5.03. The third kappa shape index (κ3) is 7.35. The Morgan fingerprint density at radius 1 is 0.854 bits per heavy atom. The predicted octanol–water partition coefficient (Wildman–Crippen LogP) is 6.21. The minimum Gasteiger partial charge on any atom is -0.507 e. The van der Waals surface area contributed by atoms with E-state index < -0.39 is 17.7 Å². The molecule has 1 aliphatic rings. The van der Waals surface area contributed by atoms with Crippen molar-refractivity contribution in [2.75, 3.05) is 32.8 Å². The molecular formula is C34H40N2O5. The highest BCUT2D eigenvalue weighted by molar-refractivity contribution is 6.46. The maximum Gasteiger partial charge on any atom is 0.295 e. The zero-order chi connectivity index (χ0) is 29.2. The Morgan fingerprint density at radius 2 is 1.49 bits per heavy atom. The molecule has 7 heteroatoms. The number of aliphatic hydroxyl groups is 1. The third-order valence-electron chi connectivity index (χ3n) is 7.35. The molecule has 216 valence electrons. The molecule has 3 aromatic carbocycles. The SMILES string of the molecule is CCCOc1ccc(/C(O)=C2\C(=O)C(=O)N(CCCN(CC)CC)C2c2ccc(OCc3ccccc3)cc2)cc1. The van der Waals surface area contributed by atoms with Crippen LogP contribution in [-0.4, -0.2) is 59.4 Å². The van der Waals surface area contributed by atoms with E-state index in [0.717, 1.165) is 37.2 Å². The molecule has 0 aliphatic carbocycles. The molecule has 1 atom stereocenters. The number of amides is 1. The summed E-state index contributed by atoms with van der Waals surface area (Å²) < 4.78 is 11.6. The zero-order valence-corrected chi connectivity index (χ0v) is 24.2. The molecule has 0 bridgehead atoms. The van der Waals surface area contributed by atoms with E-state index in [1.807, 2.05) is 61.5 Å². The Labute approximate surface area is 243 Å². The molecular weight excluding hydrogens is 516 g/mol. The van der Waals surface area contributed by atoms with Crippen LogP contribution >= 0.6 is 0 Å². The first kappa shape index (κ1) is 29.9. The van der Waals surface area contributed by atoms with Gasteiger partial charge in [-0.3, -0.25) is 9.59 Å². The summed E-state index contributed by atoms with van der Waals surface area (Å²) in [6, 6.07) is 23.6. The van der Waals surface area contributed by atoms with Crippen LogP contribution in [0.5, 0.6) is 11.5 Å². The van der Waals surface area contributed by atoms with Crippen molar-refractivity contribution in [3.63, 3.8) is 0 Å². The molecule has 1 heterocycles. The van der Waals surface area contributed by atoms with Crippen LogP contribution in [0, 0.1) is 0 Å². The number of likely N-dealkylation sites (tertiary alicyclic amines) is 1. The predicted molar refractivity (Wildman–Crippen MR) is 161 cm³/mol. The maximum absolute atomic E-state index is 13.4. The fraction of sp³-hybridized carbons (Fsp3) is 0.353. The number of carbonyl (C=O) groups is 2. The first-order valence-corrected chi connectivity index (χ1v) is 14.5. The average molecular weight is 557 g/mol.